The number of fused-ring (bicyclic) bond motifs is 1. The van der Waals surface area contributed by atoms with Gasteiger partial charge in [0.1, 0.15) is 0 Å². The van der Waals surface area contributed by atoms with Crippen LogP contribution in [0.4, 0.5) is 11.7 Å². The molecule has 4 rings (SSSR count). The number of rotatable bonds is 2. The molecule has 1 fully saturated rings. The van der Waals surface area contributed by atoms with Gasteiger partial charge in [-0.2, -0.15) is 0 Å². The van der Waals surface area contributed by atoms with Crippen LogP contribution in [-0.2, 0) is 11.2 Å². The van der Waals surface area contributed by atoms with Gasteiger partial charge < -0.3 is 19.4 Å². The van der Waals surface area contributed by atoms with E-state index in [-0.39, 0.29) is 0 Å². The summed E-state index contributed by atoms with van der Waals surface area (Å²) in [4.78, 5) is 2.06. The normalized spacial score (nSPS) is 17.9. The summed E-state index contributed by atoms with van der Waals surface area (Å²) in [6.45, 7) is 4.03. The first-order valence-electron chi connectivity index (χ1n) is 6.93. The molecule has 1 aromatic heterocycles. The predicted octanol–water partition coefficient (Wildman–Crippen LogP) is 1.54. The number of hydrogen-bond acceptors (Lipinski definition) is 6. The molecule has 0 spiro atoms. The summed E-state index contributed by atoms with van der Waals surface area (Å²) in [7, 11) is 0. The lowest BCUT2D eigenvalue weighted by Crippen LogP contribution is -2.36. The van der Waals surface area contributed by atoms with Crippen molar-refractivity contribution in [2.75, 3.05) is 43.1 Å². The highest BCUT2D eigenvalue weighted by Gasteiger charge is 2.19. The van der Waals surface area contributed by atoms with Gasteiger partial charge in [0, 0.05) is 30.9 Å². The van der Waals surface area contributed by atoms with Crippen LogP contribution in [0.3, 0.4) is 0 Å². The fraction of sp³-hybridized carbons (Fsp3) is 0.429. The Morgan fingerprint density at radius 3 is 2.95 bits per heavy atom. The van der Waals surface area contributed by atoms with Crippen molar-refractivity contribution in [3.05, 3.63) is 23.8 Å². The molecule has 6 heteroatoms. The lowest BCUT2D eigenvalue weighted by molar-refractivity contribution is 0.120. The zero-order valence-electron chi connectivity index (χ0n) is 11.1. The van der Waals surface area contributed by atoms with E-state index in [0.29, 0.717) is 25.1 Å². The molecule has 1 N–H and O–H groups in total. The molecule has 2 aliphatic heterocycles. The van der Waals surface area contributed by atoms with Gasteiger partial charge in [-0.25, -0.2) is 0 Å². The van der Waals surface area contributed by atoms with Crippen molar-refractivity contribution in [1.29, 1.82) is 0 Å². The van der Waals surface area contributed by atoms with Gasteiger partial charge in [0.25, 0.3) is 0 Å². The van der Waals surface area contributed by atoms with E-state index in [4.69, 9.17) is 9.15 Å². The smallest absolute Gasteiger partial charge is 0.318 e. The molecule has 0 amide bonds. The summed E-state index contributed by atoms with van der Waals surface area (Å²) in [5, 5.41) is 11.7. The third-order valence-electron chi connectivity index (χ3n) is 3.76. The van der Waals surface area contributed by atoms with Crippen molar-refractivity contribution in [3.63, 3.8) is 0 Å². The lowest BCUT2D eigenvalue weighted by Gasteiger charge is -2.24. The molecule has 104 valence electrons. The standard InChI is InChI=1S/C14H16N4O2/c1-2-12-10(3-4-15-12)9-11(1)13-16-17-14(20-13)18-5-7-19-8-6-18/h1-2,9,15H,3-8H2. The van der Waals surface area contributed by atoms with Gasteiger partial charge in [-0.05, 0) is 30.2 Å². The van der Waals surface area contributed by atoms with Crippen LogP contribution in [0.2, 0.25) is 0 Å². The van der Waals surface area contributed by atoms with Crippen molar-refractivity contribution in [3.8, 4) is 11.5 Å². The Kier molecular flexibility index (Phi) is 2.81. The first-order valence-corrected chi connectivity index (χ1v) is 6.93. The fourth-order valence-corrected chi connectivity index (χ4v) is 2.65. The summed E-state index contributed by atoms with van der Waals surface area (Å²) in [6.07, 6.45) is 1.05. The van der Waals surface area contributed by atoms with Crippen molar-refractivity contribution in [2.24, 2.45) is 0 Å². The molecular formula is C14H16N4O2. The third kappa shape index (κ3) is 2.02. The number of aromatic nitrogens is 2. The summed E-state index contributed by atoms with van der Waals surface area (Å²) >= 11 is 0. The van der Waals surface area contributed by atoms with Crippen LogP contribution in [0.25, 0.3) is 11.5 Å². The maximum Gasteiger partial charge on any atom is 0.318 e. The largest absolute Gasteiger partial charge is 0.403 e. The summed E-state index contributed by atoms with van der Waals surface area (Å²) in [5.41, 5.74) is 3.51. The Balaban J connectivity index is 1.61. The van der Waals surface area contributed by atoms with E-state index in [2.05, 4.69) is 32.5 Å². The van der Waals surface area contributed by atoms with Gasteiger partial charge in [0.2, 0.25) is 5.89 Å². The minimum Gasteiger partial charge on any atom is -0.403 e. The van der Waals surface area contributed by atoms with Crippen LogP contribution in [-0.4, -0.2) is 43.0 Å². The maximum atomic E-state index is 5.80. The zero-order chi connectivity index (χ0) is 13.4. The highest BCUT2D eigenvalue weighted by atomic mass is 16.5. The quantitative estimate of drug-likeness (QED) is 0.894. The van der Waals surface area contributed by atoms with Crippen LogP contribution in [0.5, 0.6) is 0 Å². The molecule has 0 unspecified atom stereocenters. The molecule has 0 radical (unpaired) electrons. The summed E-state index contributed by atoms with van der Waals surface area (Å²) in [6, 6.07) is 6.82. The second-order valence-corrected chi connectivity index (χ2v) is 5.04. The van der Waals surface area contributed by atoms with Gasteiger partial charge in [0.05, 0.1) is 13.2 Å². The Morgan fingerprint density at radius 2 is 2.05 bits per heavy atom. The van der Waals surface area contributed by atoms with E-state index < -0.39 is 0 Å². The van der Waals surface area contributed by atoms with E-state index in [0.717, 1.165) is 31.6 Å². The van der Waals surface area contributed by atoms with Gasteiger partial charge in [0.15, 0.2) is 0 Å². The molecular weight excluding hydrogens is 256 g/mol. The van der Waals surface area contributed by atoms with Crippen LogP contribution >= 0.6 is 0 Å². The number of ether oxygens (including phenoxy) is 1. The fourth-order valence-electron chi connectivity index (χ4n) is 2.65. The molecule has 3 heterocycles. The zero-order valence-corrected chi connectivity index (χ0v) is 11.1. The van der Waals surface area contributed by atoms with Crippen LogP contribution < -0.4 is 10.2 Å². The van der Waals surface area contributed by atoms with Crippen molar-refractivity contribution >= 4 is 11.7 Å². The molecule has 1 saturated heterocycles. The SMILES string of the molecule is c1cc2c(cc1-c1nnc(N3CCOCC3)o1)CCN2. The third-order valence-corrected chi connectivity index (χ3v) is 3.76. The first-order chi connectivity index (χ1) is 9.90. The van der Waals surface area contributed by atoms with Crippen molar-refractivity contribution in [1.82, 2.24) is 10.2 Å². The van der Waals surface area contributed by atoms with E-state index in [1.165, 1.54) is 11.3 Å². The van der Waals surface area contributed by atoms with Crippen molar-refractivity contribution < 1.29 is 9.15 Å². The average molecular weight is 272 g/mol. The molecule has 2 aliphatic rings. The van der Waals surface area contributed by atoms with Gasteiger partial charge >= 0.3 is 6.01 Å². The monoisotopic (exact) mass is 272 g/mol. The van der Waals surface area contributed by atoms with Crippen LogP contribution in [0, 0.1) is 0 Å². The Morgan fingerprint density at radius 1 is 1.15 bits per heavy atom. The number of hydrogen-bond donors (Lipinski definition) is 1. The molecule has 0 aliphatic carbocycles. The minimum absolute atomic E-state index is 0.584. The highest BCUT2D eigenvalue weighted by Crippen LogP contribution is 2.29. The van der Waals surface area contributed by atoms with Crippen molar-refractivity contribution in [2.45, 2.75) is 6.42 Å². The summed E-state index contributed by atoms with van der Waals surface area (Å²) < 4.78 is 11.1. The van der Waals surface area contributed by atoms with E-state index in [1.807, 2.05) is 6.07 Å². The molecule has 20 heavy (non-hydrogen) atoms. The predicted molar refractivity (Wildman–Crippen MR) is 75.0 cm³/mol. The van der Waals surface area contributed by atoms with E-state index >= 15 is 0 Å². The first kappa shape index (κ1) is 11.7. The van der Waals surface area contributed by atoms with Crippen LogP contribution in [0.1, 0.15) is 5.56 Å². The number of benzene rings is 1. The summed E-state index contributed by atoms with van der Waals surface area (Å²) in [5.74, 6) is 0.584. The van der Waals surface area contributed by atoms with Gasteiger partial charge in [-0.15, -0.1) is 5.10 Å². The molecule has 6 nitrogen and oxygen atoms in total. The van der Waals surface area contributed by atoms with Gasteiger partial charge in [-0.3, -0.25) is 0 Å². The Hall–Kier alpha value is -2.08. The number of morpholine rings is 1. The van der Waals surface area contributed by atoms with E-state index in [9.17, 15) is 0 Å². The average Bonchev–Trinajstić information content (AvgIpc) is 3.16. The molecule has 1 aromatic carbocycles. The molecule has 0 bridgehead atoms. The second kappa shape index (κ2) is 4.79. The topological polar surface area (TPSA) is 63.4 Å². The molecule has 2 aromatic rings. The lowest BCUT2D eigenvalue weighted by atomic mass is 10.1. The van der Waals surface area contributed by atoms with E-state index in [1.54, 1.807) is 0 Å². The molecule has 0 atom stereocenters. The number of nitrogens with one attached hydrogen (secondary N) is 1. The Bertz CT molecular complexity index is 619. The molecule has 0 saturated carbocycles. The van der Waals surface area contributed by atoms with Gasteiger partial charge in [-0.1, -0.05) is 5.10 Å². The number of nitrogens with zero attached hydrogens (tertiary/aromatic N) is 3. The minimum atomic E-state index is 0.584. The Labute approximate surface area is 116 Å². The highest BCUT2D eigenvalue weighted by molar-refractivity contribution is 5.65. The second-order valence-electron chi connectivity index (χ2n) is 5.04. The van der Waals surface area contributed by atoms with Crippen LogP contribution in [0.15, 0.2) is 22.6 Å². The number of anilines is 2. The maximum absolute atomic E-state index is 5.80.